The SMILES string of the molecule is CC(C)COc1ccc(S(=O)(=O)c2ccc(CNC(=O)c3cnc4[nH]ncc4c3)cc2)cc1. The fourth-order valence-electron chi connectivity index (χ4n) is 3.15. The number of carbonyl (C=O) groups is 1. The number of H-pyrrole nitrogens is 1. The smallest absolute Gasteiger partial charge is 0.253 e. The highest BCUT2D eigenvalue weighted by atomic mass is 32.2. The Kier molecular flexibility index (Phi) is 6.41. The van der Waals surface area contributed by atoms with Crippen molar-refractivity contribution in [3.8, 4) is 5.75 Å². The maximum absolute atomic E-state index is 12.9. The topological polar surface area (TPSA) is 114 Å². The summed E-state index contributed by atoms with van der Waals surface area (Å²) in [6.07, 6.45) is 3.08. The van der Waals surface area contributed by atoms with Gasteiger partial charge in [0, 0.05) is 18.1 Å². The maximum atomic E-state index is 12.9. The van der Waals surface area contributed by atoms with E-state index in [0.717, 1.165) is 10.9 Å². The molecular weight excluding hydrogens is 440 g/mol. The Morgan fingerprint density at radius 2 is 1.70 bits per heavy atom. The highest BCUT2D eigenvalue weighted by molar-refractivity contribution is 7.91. The van der Waals surface area contributed by atoms with Gasteiger partial charge in [-0.2, -0.15) is 5.10 Å². The number of benzene rings is 2. The molecule has 2 heterocycles. The fourth-order valence-corrected chi connectivity index (χ4v) is 4.41. The highest BCUT2D eigenvalue weighted by Crippen LogP contribution is 2.24. The van der Waals surface area contributed by atoms with E-state index in [2.05, 4.69) is 20.5 Å². The monoisotopic (exact) mass is 464 g/mol. The predicted molar refractivity (Wildman–Crippen MR) is 124 cm³/mol. The number of amides is 1. The van der Waals surface area contributed by atoms with Gasteiger partial charge in [0.25, 0.3) is 5.91 Å². The van der Waals surface area contributed by atoms with Gasteiger partial charge in [0.2, 0.25) is 9.84 Å². The first kappa shape index (κ1) is 22.5. The molecule has 0 atom stereocenters. The van der Waals surface area contributed by atoms with Gasteiger partial charge in [-0.05, 0) is 53.9 Å². The van der Waals surface area contributed by atoms with Crippen LogP contribution < -0.4 is 10.1 Å². The van der Waals surface area contributed by atoms with Crippen LogP contribution in [0.1, 0.15) is 29.8 Å². The second kappa shape index (κ2) is 9.41. The first-order valence-electron chi connectivity index (χ1n) is 10.5. The minimum absolute atomic E-state index is 0.183. The third-order valence-electron chi connectivity index (χ3n) is 4.96. The van der Waals surface area contributed by atoms with Crippen molar-refractivity contribution in [2.45, 2.75) is 30.2 Å². The van der Waals surface area contributed by atoms with Crippen LogP contribution in [0.5, 0.6) is 5.75 Å². The summed E-state index contributed by atoms with van der Waals surface area (Å²) in [5.41, 5.74) is 1.81. The quantitative estimate of drug-likeness (QED) is 0.410. The molecule has 0 bridgehead atoms. The van der Waals surface area contributed by atoms with E-state index >= 15 is 0 Å². The third kappa shape index (κ3) is 5.20. The summed E-state index contributed by atoms with van der Waals surface area (Å²) < 4.78 is 31.5. The van der Waals surface area contributed by atoms with Crippen molar-refractivity contribution in [3.63, 3.8) is 0 Å². The Bertz CT molecular complexity index is 1360. The average molecular weight is 465 g/mol. The van der Waals surface area contributed by atoms with Crippen LogP contribution >= 0.6 is 0 Å². The average Bonchev–Trinajstić information content (AvgIpc) is 3.30. The molecule has 4 rings (SSSR count). The first-order valence-corrected chi connectivity index (χ1v) is 12.0. The van der Waals surface area contributed by atoms with Crippen molar-refractivity contribution in [3.05, 3.63) is 78.1 Å². The van der Waals surface area contributed by atoms with E-state index in [-0.39, 0.29) is 22.2 Å². The number of hydrogen-bond donors (Lipinski definition) is 2. The van der Waals surface area contributed by atoms with Gasteiger partial charge in [-0.15, -0.1) is 0 Å². The van der Waals surface area contributed by atoms with E-state index < -0.39 is 9.84 Å². The predicted octanol–water partition coefficient (Wildman–Crippen LogP) is 3.76. The van der Waals surface area contributed by atoms with Crippen LogP contribution in [0.2, 0.25) is 0 Å². The van der Waals surface area contributed by atoms with Crippen LogP contribution in [0.3, 0.4) is 0 Å². The molecule has 4 aromatic rings. The molecule has 8 nitrogen and oxygen atoms in total. The van der Waals surface area contributed by atoms with Crippen molar-refractivity contribution in [1.82, 2.24) is 20.5 Å². The van der Waals surface area contributed by atoms with Crippen LogP contribution in [0.4, 0.5) is 0 Å². The molecule has 0 unspecified atom stereocenters. The molecular formula is C24H24N4O4S. The fraction of sp³-hybridized carbons (Fsp3) is 0.208. The van der Waals surface area contributed by atoms with Gasteiger partial charge in [0.1, 0.15) is 5.75 Å². The molecule has 0 aliphatic heterocycles. The molecule has 33 heavy (non-hydrogen) atoms. The van der Waals surface area contributed by atoms with Crippen molar-refractivity contribution in [2.24, 2.45) is 5.92 Å². The van der Waals surface area contributed by atoms with E-state index in [9.17, 15) is 13.2 Å². The molecule has 2 aromatic heterocycles. The summed E-state index contributed by atoms with van der Waals surface area (Å²) in [5.74, 6) is 0.742. The van der Waals surface area contributed by atoms with Gasteiger partial charge < -0.3 is 10.1 Å². The summed E-state index contributed by atoms with van der Waals surface area (Å²) in [5, 5.41) is 10.2. The Balaban J connectivity index is 1.40. The molecule has 0 spiro atoms. The van der Waals surface area contributed by atoms with Gasteiger partial charge in [-0.1, -0.05) is 26.0 Å². The standard InChI is InChI=1S/C24H24N4O4S/c1-16(2)15-32-20-5-9-22(10-6-20)33(30,31)21-7-3-17(4-8-21)12-26-24(29)19-11-18-14-27-28-23(18)25-13-19/h3-11,13-14,16H,12,15H2,1-2H3,(H,26,29)(H,25,27,28). The second-order valence-electron chi connectivity index (χ2n) is 8.04. The number of nitrogens with one attached hydrogen (secondary N) is 2. The number of hydrogen-bond acceptors (Lipinski definition) is 6. The first-order chi connectivity index (χ1) is 15.8. The lowest BCUT2D eigenvalue weighted by atomic mass is 10.2. The molecule has 0 fully saturated rings. The normalized spacial score (nSPS) is 11.6. The number of sulfone groups is 1. The molecule has 170 valence electrons. The Labute approximate surface area is 191 Å². The van der Waals surface area contributed by atoms with Crippen molar-refractivity contribution in [1.29, 1.82) is 0 Å². The lowest BCUT2D eigenvalue weighted by molar-refractivity contribution is 0.0950. The Morgan fingerprint density at radius 1 is 1.03 bits per heavy atom. The number of fused-ring (bicyclic) bond motifs is 1. The highest BCUT2D eigenvalue weighted by Gasteiger charge is 2.18. The maximum Gasteiger partial charge on any atom is 0.253 e. The van der Waals surface area contributed by atoms with Gasteiger partial charge in [0.15, 0.2) is 5.65 Å². The zero-order chi connectivity index (χ0) is 23.4. The number of aromatic nitrogens is 3. The van der Waals surface area contributed by atoms with Gasteiger partial charge in [0.05, 0.1) is 28.2 Å². The molecule has 1 amide bonds. The minimum Gasteiger partial charge on any atom is -0.493 e. The lowest BCUT2D eigenvalue weighted by Gasteiger charge is -2.10. The molecule has 0 aliphatic rings. The number of pyridine rings is 1. The van der Waals surface area contributed by atoms with Gasteiger partial charge in [-0.3, -0.25) is 9.89 Å². The largest absolute Gasteiger partial charge is 0.493 e. The van der Waals surface area contributed by atoms with E-state index in [1.807, 2.05) is 13.8 Å². The molecule has 0 saturated carbocycles. The Morgan fingerprint density at radius 3 is 2.36 bits per heavy atom. The summed E-state index contributed by atoms with van der Waals surface area (Å²) in [6, 6.07) is 14.6. The number of carbonyl (C=O) groups excluding carboxylic acids is 1. The third-order valence-corrected chi connectivity index (χ3v) is 6.74. The molecule has 2 aromatic carbocycles. The molecule has 0 saturated heterocycles. The summed E-state index contributed by atoms with van der Waals surface area (Å²) in [4.78, 5) is 17.0. The lowest BCUT2D eigenvalue weighted by Crippen LogP contribution is -2.22. The number of rotatable bonds is 8. The van der Waals surface area contributed by atoms with Crippen molar-refractivity contribution >= 4 is 26.8 Å². The van der Waals surface area contributed by atoms with Crippen molar-refractivity contribution in [2.75, 3.05) is 6.61 Å². The number of nitrogens with zero attached hydrogens (tertiary/aromatic N) is 2. The number of ether oxygens (including phenoxy) is 1. The van der Waals surface area contributed by atoms with E-state index in [1.54, 1.807) is 60.8 Å². The molecule has 9 heteroatoms. The summed E-state index contributed by atoms with van der Waals surface area (Å²) >= 11 is 0. The minimum atomic E-state index is -3.65. The van der Waals surface area contributed by atoms with Crippen LogP contribution in [-0.2, 0) is 16.4 Å². The molecule has 0 aliphatic carbocycles. The van der Waals surface area contributed by atoms with Crippen LogP contribution in [0.15, 0.2) is 76.8 Å². The van der Waals surface area contributed by atoms with Crippen molar-refractivity contribution < 1.29 is 17.9 Å². The van der Waals surface area contributed by atoms with Crippen LogP contribution in [-0.4, -0.2) is 36.1 Å². The zero-order valence-corrected chi connectivity index (χ0v) is 19.1. The van der Waals surface area contributed by atoms with E-state index in [0.29, 0.717) is 29.5 Å². The summed E-state index contributed by atoms with van der Waals surface area (Å²) in [6.45, 7) is 4.92. The van der Waals surface area contributed by atoms with Gasteiger partial charge >= 0.3 is 0 Å². The zero-order valence-electron chi connectivity index (χ0n) is 18.3. The van der Waals surface area contributed by atoms with E-state index in [1.165, 1.54) is 6.20 Å². The Hall–Kier alpha value is -3.72. The van der Waals surface area contributed by atoms with Gasteiger partial charge in [-0.25, -0.2) is 13.4 Å². The molecule has 2 N–H and O–H groups in total. The molecule has 0 radical (unpaired) electrons. The van der Waals surface area contributed by atoms with Crippen LogP contribution in [0.25, 0.3) is 11.0 Å². The number of aromatic amines is 1. The summed E-state index contributed by atoms with van der Waals surface area (Å²) in [7, 11) is -3.65. The van der Waals surface area contributed by atoms with Crippen LogP contribution in [0, 0.1) is 5.92 Å². The van der Waals surface area contributed by atoms with E-state index in [4.69, 9.17) is 4.74 Å². The second-order valence-corrected chi connectivity index (χ2v) is 9.99.